The Labute approximate surface area is 152 Å². The molecule has 0 amide bonds. The molecule has 11 heteroatoms. The predicted octanol–water partition coefficient (Wildman–Crippen LogP) is 2.90. The lowest BCUT2D eigenvalue weighted by molar-refractivity contribution is -0.384. The van der Waals surface area contributed by atoms with E-state index in [1.165, 1.54) is 24.3 Å². The van der Waals surface area contributed by atoms with E-state index in [1.807, 2.05) is 0 Å². The Morgan fingerprint density at radius 2 is 1.77 bits per heavy atom. The summed E-state index contributed by atoms with van der Waals surface area (Å²) in [6.07, 6.45) is -0.778. The number of hydrazine groups is 1. The minimum atomic E-state index is -3.78. The van der Waals surface area contributed by atoms with E-state index >= 15 is 0 Å². The van der Waals surface area contributed by atoms with Crippen LogP contribution in [-0.4, -0.2) is 41.0 Å². The van der Waals surface area contributed by atoms with E-state index in [1.54, 1.807) is 27.7 Å². The number of nitrogens with one attached hydrogen (secondary N) is 2. The Bertz CT molecular complexity index is 649. The summed E-state index contributed by atoms with van der Waals surface area (Å²) in [7, 11) is -3.78. The van der Waals surface area contributed by atoms with Gasteiger partial charge >= 0.3 is 7.60 Å². The molecule has 0 radical (unpaired) electrons. The molecule has 0 aromatic heterocycles. The summed E-state index contributed by atoms with van der Waals surface area (Å²) < 4.78 is 24.1. The number of aliphatic hydroxyl groups is 1. The van der Waals surface area contributed by atoms with E-state index in [2.05, 4.69) is 15.8 Å². The number of rotatable bonds is 10. The number of hydrogen-bond acceptors (Lipinski definition) is 8. The molecule has 0 aliphatic rings. The summed E-state index contributed by atoms with van der Waals surface area (Å²) in [5.41, 5.74) is 5.77. The Morgan fingerprint density at radius 1 is 1.23 bits per heavy atom. The van der Waals surface area contributed by atoms with Crippen LogP contribution in [0, 0.1) is 10.1 Å². The Kier molecular flexibility index (Phi) is 8.67. The van der Waals surface area contributed by atoms with Crippen molar-refractivity contribution in [2.24, 2.45) is 4.99 Å². The molecular weight excluding hydrogens is 363 g/mol. The van der Waals surface area contributed by atoms with Gasteiger partial charge in [-0.3, -0.25) is 30.5 Å². The van der Waals surface area contributed by atoms with E-state index in [9.17, 15) is 14.7 Å². The quantitative estimate of drug-likeness (QED) is 0.183. The molecule has 26 heavy (non-hydrogen) atoms. The van der Waals surface area contributed by atoms with Gasteiger partial charge in [-0.05, 0) is 39.8 Å². The Balaban J connectivity index is 3.00. The predicted molar refractivity (Wildman–Crippen MR) is 99.3 cm³/mol. The van der Waals surface area contributed by atoms with Crippen LogP contribution in [0.3, 0.4) is 0 Å². The molecule has 1 rings (SSSR count). The number of nitrogens with zero attached hydrogens (tertiary/aromatic N) is 2. The molecular formula is C15H25N4O6P. The molecule has 0 saturated heterocycles. The summed E-state index contributed by atoms with van der Waals surface area (Å²) in [6, 6.07) is 5.60. The van der Waals surface area contributed by atoms with E-state index in [-0.39, 0.29) is 36.6 Å². The van der Waals surface area contributed by atoms with Gasteiger partial charge in [0.1, 0.15) is 0 Å². The first-order valence-corrected chi connectivity index (χ1v) is 9.61. The fourth-order valence-corrected chi connectivity index (χ4v) is 3.65. The molecule has 10 nitrogen and oxygen atoms in total. The number of benzene rings is 1. The van der Waals surface area contributed by atoms with Crippen LogP contribution in [0.25, 0.3) is 0 Å². The van der Waals surface area contributed by atoms with E-state index in [0.29, 0.717) is 5.69 Å². The number of hydrogen-bond donors (Lipinski definition) is 3. The molecule has 0 aliphatic heterocycles. The molecule has 3 N–H and O–H groups in total. The molecule has 0 unspecified atom stereocenters. The van der Waals surface area contributed by atoms with Crippen LogP contribution in [-0.2, 0) is 13.6 Å². The van der Waals surface area contributed by atoms with Crippen LogP contribution < -0.4 is 10.9 Å². The van der Waals surface area contributed by atoms with Crippen molar-refractivity contribution in [1.82, 2.24) is 5.43 Å². The minimum Gasteiger partial charge on any atom is -0.394 e. The van der Waals surface area contributed by atoms with Crippen LogP contribution >= 0.6 is 7.60 Å². The zero-order valence-corrected chi connectivity index (χ0v) is 16.1. The zero-order valence-electron chi connectivity index (χ0n) is 15.2. The zero-order chi connectivity index (χ0) is 19.7. The van der Waals surface area contributed by atoms with Crippen LogP contribution in [0.2, 0.25) is 0 Å². The second-order valence-electron chi connectivity index (χ2n) is 5.79. The number of aliphatic hydroxyl groups excluding tert-OH is 1. The molecule has 0 heterocycles. The third-order valence-electron chi connectivity index (χ3n) is 2.72. The van der Waals surface area contributed by atoms with Gasteiger partial charge in [-0.15, -0.1) is 0 Å². The standard InChI is InChI=1S/C15H25N4O6P/c1-11(2)24-26(23,25-12(3)4)15(16-9-10-20)18-17-13-5-7-14(8-6-13)19(21)22/h5-8,11-12,17,20H,9-10H2,1-4H3,(H,16,18). The van der Waals surface area contributed by atoms with Crippen molar-refractivity contribution in [1.29, 1.82) is 0 Å². The summed E-state index contributed by atoms with van der Waals surface area (Å²) in [5.74, 6) is 0. The normalized spacial score (nSPS) is 12.5. The van der Waals surface area contributed by atoms with Crippen molar-refractivity contribution in [2.75, 3.05) is 18.6 Å². The number of nitro groups is 1. The molecule has 0 spiro atoms. The molecule has 0 fully saturated rings. The van der Waals surface area contributed by atoms with Gasteiger partial charge in [0.25, 0.3) is 5.69 Å². The number of amidine groups is 1. The van der Waals surface area contributed by atoms with Gasteiger partial charge in [0.2, 0.25) is 5.58 Å². The number of anilines is 1. The molecule has 1 aromatic rings. The lowest BCUT2D eigenvalue weighted by Crippen LogP contribution is -2.32. The van der Waals surface area contributed by atoms with Gasteiger partial charge in [-0.25, -0.2) is 0 Å². The molecule has 0 saturated carbocycles. The van der Waals surface area contributed by atoms with E-state index in [0.717, 1.165) is 0 Å². The highest BCUT2D eigenvalue weighted by atomic mass is 31.2. The van der Waals surface area contributed by atoms with Crippen LogP contribution in [0.1, 0.15) is 27.7 Å². The molecule has 1 aromatic carbocycles. The first-order chi connectivity index (χ1) is 12.2. The highest BCUT2D eigenvalue weighted by molar-refractivity contribution is 7.72. The first-order valence-electron chi connectivity index (χ1n) is 8.07. The highest BCUT2D eigenvalue weighted by Gasteiger charge is 2.35. The SMILES string of the molecule is CC(C)OP(=O)(OC(C)C)C(=NCCO)NNc1ccc([N+](=O)[O-])cc1. The van der Waals surface area contributed by atoms with Crippen LogP contribution in [0.4, 0.5) is 11.4 Å². The minimum absolute atomic E-state index is 0.00280. The van der Waals surface area contributed by atoms with Crippen molar-refractivity contribution in [2.45, 2.75) is 39.9 Å². The highest BCUT2D eigenvalue weighted by Crippen LogP contribution is 2.51. The lowest BCUT2D eigenvalue weighted by Gasteiger charge is -2.25. The smallest absolute Gasteiger partial charge is 0.394 e. The lowest BCUT2D eigenvalue weighted by atomic mass is 10.3. The first kappa shape index (κ1) is 22.0. The van der Waals surface area contributed by atoms with Crippen LogP contribution in [0.15, 0.2) is 29.3 Å². The van der Waals surface area contributed by atoms with Crippen molar-refractivity contribution in [3.63, 3.8) is 0 Å². The third-order valence-corrected chi connectivity index (χ3v) is 4.89. The van der Waals surface area contributed by atoms with Gasteiger partial charge in [0.05, 0.1) is 36.0 Å². The topological polar surface area (TPSA) is 135 Å². The van der Waals surface area contributed by atoms with Crippen molar-refractivity contribution in [3.8, 4) is 0 Å². The average molecular weight is 388 g/mol. The molecule has 0 aliphatic carbocycles. The summed E-state index contributed by atoms with van der Waals surface area (Å²) in [6.45, 7) is 6.60. The monoisotopic (exact) mass is 388 g/mol. The van der Waals surface area contributed by atoms with Crippen molar-refractivity contribution < 1.29 is 23.6 Å². The Morgan fingerprint density at radius 3 is 2.19 bits per heavy atom. The van der Waals surface area contributed by atoms with Gasteiger partial charge in [-0.1, -0.05) is 0 Å². The van der Waals surface area contributed by atoms with Crippen LogP contribution in [0.5, 0.6) is 0 Å². The molecule has 0 atom stereocenters. The second kappa shape index (κ2) is 10.2. The summed E-state index contributed by atoms with van der Waals surface area (Å²) in [4.78, 5) is 14.2. The molecule has 0 bridgehead atoms. The van der Waals surface area contributed by atoms with Crippen molar-refractivity contribution in [3.05, 3.63) is 34.4 Å². The Hall–Kier alpha value is -2.00. The largest absolute Gasteiger partial charge is 0.397 e. The van der Waals surface area contributed by atoms with Gasteiger partial charge < -0.3 is 14.2 Å². The maximum atomic E-state index is 13.2. The average Bonchev–Trinajstić information content (AvgIpc) is 2.53. The summed E-state index contributed by atoms with van der Waals surface area (Å²) in [5, 5.41) is 19.7. The third kappa shape index (κ3) is 7.09. The fourth-order valence-electron chi connectivity index (χ4n) is 1.82. The maximum absolute atomic E-state index is 13.2. The number of non-ortho nitro benzene ring substituents is 1. The second-order valence-corrected chi connectivity index (χ2v) is 7.63. The number of aliphatic imine (C=N–C) groups is 1. The van der Waals surface area contributed by atoms with Gasteiger partial charge in [0, 0.05) is 12.1 Å². The maximum Gasteiger partial charge on any atom is 0.397 e. The van der Waals surface area contributed by atoms with E-state index in [4.69, 9.17) is 14.2 Å². The molecule has 146 valence electrons. The summed E-state index contributed by atoms with van der Waals surface area (Å²) >= 11 is 0. The number of nitro benzene ring substituents is 1. The van der Waals surface area contributed by atoms with E-state index < -0.39 is 12.5 Å². The fraction of sp³-hybridized carbons (Fsp3) is 0.533. The van der Waals surface area contributed by atoms with Crippen molar-refractivity contribution >= 4 is 24.5 Å². The van der Waals surface area contributed by atoms with Gasteiger partial charge in [-0.2, -0.15) is 0 Å². The van der Waals surface area contributed by atoms with Gasteiger partial charge in [0.15, 0.2) is 0 Å².